The molecular formula is C8H16F2O. The summed E-state index contributed by atoms with van der Waals surface area (Å²) in [5, 5.41) is 8.72. The first kappa shape index (κ1) is 10.8. The lowest BCUT2D eigenvalue weighted by Gasteiger charge is -2.20. The van der Waals surface area contributed by atoms with Crippen LogP contribution in [-0.2, 0) is 0 Å². The van der Waals surface area contributed by atoms with Crippen LogP contribution in [0.2, 0.25) is 0 Å². The molecule has 1 nitrogen and oxygen atoms in total. The third-order valence-corrected chi connectivity index (χ3v) is 1.95. The molecule has 0 aliphatic carbocycles. The van der Waals surface area contributed by atoms with Gasteiger partial charge in [-0.05, 0) is 12.8 Å². The van der Waals surface area contributed by atoms with Gasteiger partial charge in [0, 0.05) is 0 Å². The second-order valence-electron chi connectivity index (χ2n) is 3.01. The Morgan fingerprint density at radius 2 is 1.64 bits per heavy atom. The van der Waals surface area contributed by atoms with Gasteiger partial charge in [-0.15, -0.1) is 0 Å². The highest BCUT2D eigenvalue weighted by Gasteiger charge is 2.28. The summed E-state index contributed by atoms with van der Waals surface area (Å²) in [7, 11) is 0. The zero-order valence-electron chi connectivity index (χ0n) is 7.22. The van der Waals surface area contributed by atoms with E-state index in [0.29, 0.717) is 6.42 Å². The molecule has 0 saturated heterocycles. The minimum absolute atomic E-state index is 0.320. The molecule has 0 rings (SSSR count). The summed E-state index contributed by atoms with van der Waals surface area (Å²) in [6, 6.07) is 0. The van der Waals surface area contributed by atoms with Crippen molar-refractivity contribution >= 4 is 0 Å². The van der Waals surface area contributed by atoms with Crippen LogP contribution in [0.15, 0.2) is 0 Å². The molecule has 0 aliphatic rings. The molecule has 0 fully saturated rings. The van der Waals surface area contributed by atoms with Crippen molar-refractivity contribution in [3.05, 3.63) is 0 Å². The van der Waals surface area contributed by atoms with Crippen LogP contribution in [0, 0.1) is 5.92 Å². The Balaban J connectivity index is 3.90. The quantitative estimate of drug-likeness (QED) is 0.678. The van der Waals surface area contributed by atoms with E-state index in [1.807, 2.05) is 0 Å². The Kier molecular flexibility index (Phi) is 4.57. The van der Waals surface area contributed by atoms with Gasteiger partial charge in [-0.25, -0.2) is 8.78 Å². The van der Waals surface area contributed by atoms with Crippen LogP contribution in [0.3, 0.4) is 0 Å². The van der Waals surface area contributed by atoms with Crippen molar-refractivity contribution in [3.63, 3.8) is 0 Å². The predicted molar refractivity (Wildman–Crippen MR) is 40.9 cm³/mol. The molecule has 0 aromatic heterocycles. The summed E-state index contributed by atoms with van der Waals surface area (Å²) in [5.41, 5.74) is 0. The summed E-state index contributed by atoms with van der Waals surface area (Å²) in [6.45, 7) is 4.70. The Morgan fingerprint density at radius 3 is 1.91 bits per heavy atom. The Labute approximate surface area is 66.4 Å². The van der Waals surface area contributed by atoms with Gasteiger partial charge >= 0.3 is 0 Å². The van der Waals surface area contributed by atoms with Crippen molar-refractivity contribution in [1.29, 1.82) is 0 Å². The molecule has 0 bridgehead atoms. The molecule has 4 atom stereocenters. The first-order valence-electron chi connectivity index (χ1n) is 3.96. The fourth-order valence-electron chi connectivity index (χ4n) is 0.805. The van der Waals surface area contributed by atoms with Crippen molar-refractivity contribution in [1.82, 2.24) is 0 Å². The van der Waals surface area contributed by atoms with E-state index in [1.165, 1.54) is 6.92 Å². The van der Waals surface area contributed by atoms with Crippen LogP contribution in [0.1, 0.15) is 27.2 Å². The maximum Gasteiger partial charge on any atom is 0.157 e. The van der Waals surface area contributed by atoms with Crippen LogP contribution in [0.25, 0.3) is 0 Å². The van der Waals surface area contributed by atoms with Gasteiger partial charge in [0.15, 0.2) is 6.17 Å². The van der Waals surface area contributed by atoms with Crippen LogP contribution >= 0.6 is 0 Å². The fraction of sp³-hybridized carbons (Fsp3) is 1.00. The van der Waals surface area contributed by atoms with Gasteiger partial charge in [0.1, 0.15) is 6.17 Å². The van der Waals surface area contributed by atoms with Crippen LogP contribution in [0.5, 0.6) is 0 Å². The largest absolute Gasteiger partial charge is 0.390 e. The molecule has 0 heterocycles. The van der Waals surface area contributed by atoms with E-state index in [9.17, 15) is 8.78 Å². The number of aliphatic hydroxyl groups excluding tert-OH is 1. The van der Waals surface area contributed by atoms with E-state index < -0.39 is 18.4 Å². The van der Waals surface area contributed by atoms with Crippen molar-refractivity contribution in [2.75, 3.05) is 0 Å². The number of hydrogen-bond acceptors (Lipinski definition) is 1. The Bertz CT molecular complexity index is 106. The van der Waals surface area contributed by atoms with E-state index in [4.69, 9.17) is 5.11 Å². The van der Waals surface area contributed by atoms with Crippen molar-refractivity contribution in [3.8, 4) is 0 Å². The van der Waals surface area contributed by atoms with Gasteiger partial charge in [-0.2, -0.15) is 0 Å². The van der Waals surface area contributed by atoms with Gasteiger partial charge in [0.05, 0.1) is 6.10 Å². The highest BCUT2D eigenvalue weighted by molar-refractivity contribution is 4.76. The van der Waals surface area contributed by atoms with E-state index in [1.54, 1.807) is 13.8 Å². The standard InChI is InChI=1S/C8H16F2O/c1-4-5(2)7(9)8(10)6(3)11/h5-8,11H,4H2,1-3H3. The molecule has 0 spiro atoms. The third-order valence-electron chi connectivity index (χ3n) is 1.95. The first-order valence-corrected chi connectivity index (χ1v) is 3.96. The number of hydrogen-bond donors (Lipinski definition) is 1. The number of rotatable bonds is 4. The smallest absolute Gasteiger partial charge is 0.157 e. The summed E-state index contributed by atoms with van der Waals surface area (Å²) >= 11 is 0. The summed E-state index contributed by atoms with van der Waals surface area (Å²) in [5.74, 6) is -0.320. The van der Waals surface area contributed by atoms with Gasteiger partial charge in [0.2, 0.25) is 0 Å². The Morgan fingerprint density at radius 1 is 1.18 bits per heavy atom. The molecule has 0 aromatic rings. The lowest BCUT2D eigenvalue weighted by atomic mass is 9.97. The molecule has 0 aliphatic heterocycles. The van der Waals surface area contributed by atoms with E-state index in [0.717, 1.165) is 0 Å². The lowest BCUT2D eigenvalue weighted by molar-refractivity contribution is 0.0166. The number of alkyl halides is 2. The molecule has 1 N–H and O–H groups in total. The molecule has 0 saturated carbocycles. The highest BCUT2D eigenvalue weighted by Crippen LogP contribution is 2.19. The van der Waals surface area contributed by atoms with E-state index in [2.05, 4.69) is 0 Å². The van der Waals surface area contributed by atoms with Crippen molar-refractivity contribution < 1.29 is 13.9 Å². The molecule has 4 unspecified atom stereocenters. The first-order chi connectivity index (χ1) is 5.00. The topological polar surface area (TPSA) is 20.2 Å². The number of aliphatic hydroxyl groups is 1. The van der Waals surface area contributed by atoms with Gasteiger partial charge in [0.25, 0.3) is 0 Å². The molecule has 3 heteroatoms. The molecule has 0 aromatic carbocycles. The minimum atomic E-state index is -1.75. The normalized spacial score (nSPS) is 22.4. The van der Waals surface area contributed by atoms with Gasteiger partial charge in [-0.1, -0.05) is 20.3 Å². The molecule has 68 valence electrons. The van der Waals surface area contributed by atoms with Crippen LogP contribution < -0.4 is 0 Å². The maximum atomic E-state index is 12.9. The summed E-state index contributed by atoms with van der Waals surface area (Å²) < 4.78 is 25.6. The van der Waals surface area contributed by atoms with Crippen molar-refractivity contribution in [2.24, 2.45) is 5.92 Å². The van der Waals surface area contributed by atoms with E-state index >= 15 is 0 Å². The minimum Gasteiger partial charge on any atom is -0.390 e. The molecule has 0 amide bonds. The zero-order chi connectivity index (χ0) is 9.02. The monoisotopic (exact) mass is 166 g/mol. The third kappa shape index (κ3) is 3.14. The SMILES string of the molecule is CCC(C)C(F)C(F)C(C)O. The van der Waals surface area contributed by atoms with Crippen LogP contribution in [-0.4, -0.2) is 23.6 Å². The molecule has 11 heavy (non-hydrogen) atoms. The maximum absolute atomic E-state index is 12.9. The summed E-state index contributed by atoms with van der Waals surface area (Å²) in [6.07, 6.45) is -3.90. The molecule has 0 radical (unpaired) electrons. The van der Waals surface area contributed by atoms with E-state index in [-0.39, 0.29) is 5.92 Å². The second-order valence-corrected chi connectivity index (χ2v) is 3.01. The lowest BCUT2D eigenvalue weighted by Crippen LogP contribution is -2.33. The highest BCUT2D eigenvalue weighted by atomic mass is 19.2. The second kappa shape index (κ2) is 4.65. The predicted octanol–water partition coefficient (Wildman–Crippen LogP) is 2.09. The van der Waals surface area contributed by atoms with Gasteiger partial charge in [-0.3, -0.25) is 0 Å². The number of halogens is 2. The zero-order valence-corrected chi connectivity index (χ0v) is 7.22. The average molecular weight is 166 g/mol. The Hall–Kier alpha value is -0.180. The van der Waals surface area contributed by atoms with Gasteiger partial charge < -0.3 is 5.11 Å². The van der Waals surface area contributed by atoms with Crippen LogP contribution in [0.4, 0.5) is 8.78 Å². The average Bonchev–Trinajstić information content (AvgIpc) is 2.00. The summed E-state index contributed by atoms with van der Waals surface area (Å²) in [4.78, 5) is 0. The van der Waals surface area contributed by atoms with Crippen molar-refractivity contribution in [2.45, 2.75) is 45.6 Å². The fourth-order valence-corrected chi connectivity index (χ4v) is 0.805. The molecular weight excluding hydrogens is 150 g/mol.